The van der Waals surface area contributed by atoms with Crippen LogP contribution in [0.15, 0.2) is 0 Å². The summed E-state index contributed by atoms with van der Waals surface area (Å²) in [5.74, 6) is -0.920. The largest absolute Gasteiger partial charge is 0.479 e. The van der Waals surface area contributed by atoms with Crippen molar-refractivity contribution in [2.24, 2.45) is 0 Å². The standard InChI is InChI=1S/C16H32O4/c1-5-9-11-12-14(7-3)19-20-16(8-4,15(17)18)13-10-6-2/h14H,5-13H2,1-4H3,(H,17,18). The first-order valence-corrected chi connectivity index (χ1v) is 8.14. The van der Waals surface area contributed by atoms with Crippen LogP contribution in [0.3, 0.4) is 0 Å². The van der Waals surface area contributed by atoms with Gasteiger partial charge in [-0.1, -0.05) is 59.8 Å². The molecule has 0 aromatic heterocycles. The molecule has 0 amide bonds. The molecule has 0 aromatic carbocycles. The maximum absolute atomic E-state index is 11.5. The number of carboxylic acids is 1. The van der Waals surface area contributed by atoms with E-state index in [9.17, 15) is 9.90 Å². The summed E-state index contributed by atoms with van der Waals surface area (Å²) in [5, 5.41) is 9.45. The van der Waals surface area contributed by atoms with Gasteiger partial charge in [0.05, 0.1) is 6.10 Å². The lowest BCUT2D eigenvalue weighted by Gasteiger charge is -2.28. The van der Waals surface area contributed by atoms with Crippen molar-refractivity contribution in [3.8, 4) is 0 Å². The zero-order valence-electron chi connectivity index (χ0n) is 13.6. The Morgan fingerprint density at radius 3 is 2.20 bits per heavy atom. The maximum Gasteiger partial charge on any atom is 0.339 e. The molecule has 0 bridgehead atoms. The van der Waals surface area contributed by atoms with E-state index in [4.69, 9.17) is 9.78 Å². The van der Waals surface area contributed by atoms with Crippen LogP contribution in [0, 0.1) is 0 Å². The Kier molecular flexibility index (Phi) is 10.8. The number of rotatable bonds is 13. The quantitative estimate of drug-likeness (QED) is 0.303. The number of carbonyl (C=O) groups is 1. The first kappa shape index (κ1) is 19.4. The SMILES string of the molecule is CCCCCC(CC)OOC(CC)(CCCC)C(=O)O. The lowest BCUT2D eigenvalue weighted by Crippen LogP contribution is -2.42. The van der Waals surface area contributed by atoms with Gasteiger partial charge in [-0.25, -0.2) is 14.6 Å². The molecule has 120 valence electrons. The molecule has 0 saturated carbocycles. The molecule has 4 heteroatoms. The Morgan fingerprint density at radius 2 is 1.75 bits per heavy atom. The fraction of sp³-hybridized carbons (Fsp3) is 0.938. The third-order valence-electron chi connectivity index (χ3n) is 3.82. The summed E-state index contributed by atoms with van der Waals surface area (Å²) in [6, 6.07) is 0. The Bertz CT molecular complexity index is 255. The van der Waals surface area contributed by atoms with Gasteiger partial charge in [0.2, 0.25) is 0 Å². The van der Waals surface area contributed by atoms with Crippen molar-refractivity contribution in [3.05, 3.63) is 0 Å². The number of aliphatic carboxylic acids is 1. The monoisotopic (exact) mass is 288 g/mol. The molecule has 0 aromatic rings. The van der Waals surface area contributed by atoms with Crippen molar-refractivity contribution in [1.29, 1.82) is 0 Å². The minimum Gasteiger partial charge on any atom is -0.479 e. The molecule has 0 spiro atoms. The molecule has 0 aliphatic heterocycles. The summed E-state index contributed by atoms with van der Waals surface area (Å²) in [6.07, 6.45) is 7.91. The molecule has 0 saturated heterocycles. The highest BCUT2D eigenvalue weighted by atomic mass is 17.2. The zero-order valence-corrected chi connectivity index (χ0v) is 13.6. The highest BCUT2D eigenvalue weighted by Gasteiger charge is 2.39. The minimum absolute atomic E-state index is 0.00606. The smallest absolute Gasteiger partial charge is 0.339 e. The lowest BCUT2D eigenvalue weighted by atomic mass is 9.94. The Balaban J connectivity index is 4.44. The molecule has 0 fully saturated rings. The number of unbranched alkanes of at least 4 members (excludes halogenated alkanes) is 3. The van der Waals surface area contributed by atoms with Gasteiger partial charge < -0.3 is 5.11 Å². The van der Waals surface area contributed by atoms with Crippen LogP contribution in [0.2, 0.25) is 0 Å². The van der Waals surface area contributed by atoms with Gasteiger partial charge in [0.1, 0.15) is 0 Å². The van der Waals surface area contributed by atoms with Crippen LogP contribution < -0.4 is 0 Å². The molecule has 2 unspecified atom stereocenters. The van der Waals surface area contributed by atoms with Gasteiger partial charge >= 0.3 is 5.97 Å². The van der Waals surface area contributed by atoms with Crippen molar-refractivity contribution >= 4 is 5.97 Å². The van der Waals surface area contributed by atoms with E-state index in [-0.39, 0.29) is 6.10 Å². The van der Waals surface area contributed by atoms with E-state index < -0.39 is 11.6 Å². The second-order valence-corrected chi connectivity index (χ2v) is 5.46. The van der Waals surface area contributed by atoms with E-state index in [1.54, 1.807) is 0 Å². The van der Waals surface area contributed by atoms with Crippen molar-refractivity contribution in [1.82, 2.24) is 0 Å². The summed E-state index contributed by atoms with van der Waals surface area (Å²) in [5.41, 5.74) is -1.19. The molecule has 4 nitrogen and oxygen atoms in total. The summed E-state index contributed by atoms with van der Waals surface area (Å²) in [4.78, 5) is 22.4. The summed E-state index contributed by atoms with van der Waals surface area (Å²) >= 11 is 0. The Morgan fingerprint density at radius 1 is 1.10 bits per heavy atom. The molecule has 0 rings (SSSR count). The molecule has 0 aliphatic carbocycles. The van der Waals surface area contributed by atoms with Crippen LogP contribution in [0.5, 0.6) is 0 Å². The normalized spacial score (nSPS) is 15.8. The fourth-order valence-electron chi connectivity index (χ4n) is 2.14. The second-order valence-electron chi connectivity index (χ2n) is 5.46. The van der Waals surface area contributed by atoms with Crippen LogP contribution >= 0.6 is 0 Å². The zero-order chi connectivity index (χ0) is 15.4. The molecule has 0 heterocycles. The maximum atomic E-state index is 11.5. The highest BCUT2D eigenvalue weighted by Crippen LogP contribution is 2.26. The first-order valence-electron chi connectivity index (χ1n) is 8.14. The van der Waals surface area contributed by atoms with Gasteiger partial charge in [-0.3, -0.25) is 0 Å². The predicted octanol–water partition coefficient (Wildman–Crippen LogP) is 4.72. The molecular weight excluding hydrogens is 256 g/mol. The third-order valence-corrected chi connectivity index (χ3v) is 3.82. The highest BCUT2D eigenvalue weighted by molar-refractivity contribution is 5.77. The third kappa shape index (κ3) is 6.71. The van der Waals surface area contributed by atoms with Crippen molar-refractivity contribution in [3.63, 3.8) is 0 Å². The van der Waals surface area contributed by atoms with Gasteiger partial charge in [-0.15, -0.1) is 0 Å². The Hall–Kier alpha value is -0.610. The van der Waals surface area contributed by atoms with E-state index in [1.807, 2.05) is 20.8 Å². The summed E-state index contributed by atoms with van der Waals surface area (Å²) < 4.78 is 0. The van der Waals surface area contributed by atoms with E-state index in [2.05, 4.69) is 6.92 Å². The molecular formula is C16H32O4. The van der Waals surface area contributed by atoms with Crippen molar-refractivity contribution in [2.75, 3.05) is 0 Å². The predicted molar refractivity (Wildman–Crippen MR) is 80.6 cm³/mol. The molecule has 2 atom stereocenters. The van der Waals surface area contributed by atoms with Crippen molar-refractivity contribution in [2.45, 2.75) is 97.2 Å². The van der Waals surface area contributed by atoms with E-state index in [0.717, 1.165) is 32.1 Å². The molecule has 20 heavy (non-hydrogen) atoms. The lowest BCUT2D eigenvalue weighted by molar-refractivity contribution is -0.380. The van der Waals surface area contributed by atoms with Crippen LogP contribution in [0.1, 0.15) is 85.5 Å². The van der Waals surface area contributed by atoms with Gasteiger partial charge in [0, 0.05) is 0 Å². The van der Waals surface area contributed by atoms with E-state index in [0.29, 0.717) is 12.8 Å². The van der Waals surface area contributed by atoms with Crippen LogP contribution in [-0.2, 0) is 14.6 Å². The van der Waals surface area contributed by atoms with Gasteiger partial charge in [-0.05, 0) is 25.7 Å². The first-order chi connectivity index (χ1) is 9.56. The molecule has 0 aliphatic rings. The van der Waals surface area contributed by atoms with E-state index >= 15 is 0 Å². The number of hydrogen-bond acceptors (Lipinski definition) is 3. The number of carboxylic acid groups (broad SMARTS) is 1. The average Bonchev–Trinajstić information content (AvgIpc) is 2.45. The summed E-state index contributed by atoms with van der Waals surface area (Å²) in [6.45, 7) is 8.09. The van der Waals surface area contributed by atoms with Gasteiger partial charge in [0.15, 0.2) is 5.60 Å². The Labute approximate surface area is 123 Å². The minimum atomic E-state index is -1.19. The molecule has 1 N–H and O–H groups in total. The summed E-state index contributed by atoms with van der Waals surface area (Å²) in [7, 11) is 0. The van der Waals surface area contributed by atoms with Gasteiger partial charge in [0.25, 0.3) is 0 Å². The van der Waals surface area contributed by atoms with Crippen LogP contribution in [0.25, 0.3) is 0 Å². The average molecular weight is 288 g/mol. The van der Waals surface area contributed by atoms with Crippen LogP contribution in [0.4, 0.5) is 0 Å². The fourth-order valence-corrected chi connectivity index (χ4v) is 2.14. The molecule has 0 radical (unpaired) electrons. The van der Waals surface area contributed by atoms with Gasteiger partial charge in [-0.2, -0.15) is 0 Å². The topological polar surface area (TPSA) is 55.8 Å². The second kappa shape index (κ2) is 11.1. The number of hydrogen-bond donors (Lipinski definition) is 1. The van der Waals surface area contributed by atoms with E-state index in [1.165, 1.54) is 12.8 Å². The van der Waals surface area contributed by atoms with Crippen molar-refractivity contribution < 1.29 is 19.7 Å². The van der Waals surface area contributed by atoms with Crippen LogP contribution in [-0.4, -0.2) is 22.8 Å².